The Balaban J connectivity index is 2.23. The molecule has 1 heterocycles. The van der Waals surface area contributed by atoms with Gasteiger partial charge in [0.2, 0.25) is 0 Å². The average molecular weight is 270 g/mol. The zero-order chi connectivity index (χ0) is 13.8. The maximum Gasteiger partial charge on any atom is 0.351 e. The van der Waals surface area contributed by atoms with E-state index in [2.05, 4.69) is 5.32 Å². The zero-order valence-corrected chi connectivity index (χ0v) is 10.9. The second kappa shape index (κ2) is 5.68. The Morgan fingerprint density at radius 3 is 2.74 bits per heavy atom. The molecule has 2 N–H and O–H groups in total. The fourth-order valence-electron chi connectivity index (χ4n) is 1.93. The van der Waals surface area contributed by atoms with Crippen molar-refractivity contribution < 1.29 is 9.90 Å². The number of carbonyl (C=O) groups excluding carboxylic acids is 1. The number of allylic oxidation sites excluding steroid dienone is 1. The van der Waals surface area contributed by atoms with Gasteiger partial charge in [0.1, 0.15) is 16.4 Å². The lowest BCUT2D eigenvalue weighted by atomic mass is 9.41. The Kier molecular flexibility index (Phi) is 3.98. The summed E-state index contributed by atoms with van der Waals surface area (Å²) in [5, 5.41) is 21.6. The minimum absolute atomic E-state index is 0.0371. The molecule has 0 fully saturated rings. The number of para-hydroxylation sites is 1. The molecule has 0 radical (unpaired) electrons. The predicted octanol–water partition coefficient (Wildman–Crippen LogP) is 2.31. The largest absolute Gasteiger partial charge is 0.512 e. The number of aliphatic hydroxyl groups is 1. The van der Waals surface area contributed by atoms with Crippen molar-refractivity contribution >= 4 is 35.3 Å². The van der Waals surface area contributed by atoms with Gasteiger partial charge in [-0.15, -0.1) is 0 Å². The monoisotopic (exact) mass is 270 g/mol. The van der Waals surface area contributed by atoms with E-state index in [4.69, 9.17) is 17.5 Å². The van der Waals surface area contributed by atoms with Crippen LogP contribution in [-0.4, -0.2) is 22.5 Å². The molecule has 1 aromatic rings. The number of thiocarbonyl (C=S) groups is 1. The molecule has 0 unspecified atom stereocenters. The first-order valence-electron chi connectivity index (χ1n) is 5.86. The second-order valence-electron chi connectivity index (χ2n) is 4.23. The number of aliphatic hydroxyl groups excluding tert-OH is 1. The lowest BCUT2D eigenvalue weighted by Gasteiger charge is -2.18. The van der Waals surface area contributed by atoms with Crippen molar-refractivity contribution in [3.8, 4) is 5.97 Å². The SMILES string of the molecule is N#CB1CCC(O)=C(C(=S)Nc2ccccc2)C1=O. The van der Waals surface area contributed by atoms with Gasteiger partial charge in [-0.3, -0.25) is 0 Å². The van der Waals surface area contributed by atoms with Gasteiger partial charge in [-0.25, -0.2) is 5.26 Å². The molecule has 0 aromatic heterocycles. The smallest absolute Gasteiger partial charge is 0.351 e. The standard InChI is InChI=1S/C13H11BN2O2S/c15-8-14-7-6-10(17)11(12(14)18)13(19)16-9-4-2-1-3-5-9/h1-5,17H,6-7H2,(H,16,19). The fraction of sp³-hybridized carbons (Fsp3) is 0.154. The molecule has 2 rings (SSSR count). The number of anilines is 1. The number of nitrogens with one attached hydrogen (secondary N) is 1. The van der Waals surface area contributed by atoms with Gasteiger partial charge in [-0.1, -0.05) is 30.4 Å². The molecular weight excluding hydrogens is 259 g/mol. The van der Waals surface area contributed by atoms with Crippen LogP contribution in [0.1, 0.15) is 6.42 Å². The average Bonchev–Trinajstić information content (AvgIpc) is 2.40. The Bertz CT molecular complexity index is 592. The van der Waals surface area contributed by atoms with Crippen LogP contribution in [0, 0.1) is 11.2 Å². The van der Waals surface area contributed by atoms with Crippen LogP contribution in [0.2, 0.25) is 6.32 Å². The van der Waals surface area contributed by atoms with Gasteiger partial charge in [0.05, 0.1) is 5.57 Å². The van der Waals surface area contributed by atoms with E-state index >= 15 is 0 Å². The number of benzene rings is 1. The van der Waals surface area contributed by atoms with E-state index in [9.17, 15) is 9.90 Å². The summed E-state index contributed by atoms with van der Waals surface area (Å²) in [6.07, 6.45) is 0.647. The molecule has 4 nitrogen and oxygen atoms in total. The molecule has 0 atom stereocenters. The molecule has 0 aliphatic carbocycles. The summed E-state index contributed by atoms with van der Waals surface area (Å²) in [6, 6.07) is 9.14. The number of rotatable bonds is 2. The molecule has 0 saturated heterocycles. The van der Waals surface area contributed by atoms with E-state index in [1.165, 1.54) is 0 Å². The minimum Gasteiger partial charge on any atom is -0.512 e. The number of nitrogens with zero attached hydrogens (tertiary/aromatic N) is 1. The highest BCUT2D eigenvalue weighted by Crippen LogP contribution is 2.22. The molecule has 1 aromatic carbocycles. The zero-order valence-electron chi connectivity index (χ0n) is 10.1. The summed E-state index contributed by atoms with van der Waals surface area (Å²) in [5.74, 6) is 1.90. The van der Waals surface area contributed by atoms with E-state index in [0.717, 1.165) is 5.69 Å². The van der Waals surface area contributed by atoms with Crippen molar-refractivity contribution in [1.82, 2.24) is 0 Å². The molecule has 94 valence electrons. The summed E-state index contributed by atoms with van der Waals surface area (Å²) >= 11 is 5.15. The molecule has 1 aliphatic rings. The maximum absolute atomic E-state index is 12.0. The molecule has 1 aliphatic heterocycles. The van der Waals surface area contributed by atoms with Gasteiger partial charge in [0.25, 0.3) is 0 Å². The lowest BCUT2D eigenvalue weighted by molar-refractivity contribution is -0.109. The predicted molar refractivity (Wildman–Crippen MR) is 78.1 cm³/mol. The Morgan fingerprint density at radius 1 is 1.42 bits per heavy atom. The highest BCUT2D eigenvalue weighted by Gasteiger charge is 2.35. The van der Waals surface area contributed by atoms with Crippen molar-refractivity contribution in [2.75, 3.05) is 5.32 Å². The quantitative estimate of drug-likeness (QED) is 0.637. The van der Waals surface area contributed by atoms with E-state index in [1.54, 1.807) is 12.1 Å². The van der Waals surface area contributed by atoms with Crippen LogP contribution in [0.3, 0.4) is 0 Å². The van der Waals surface area contributed by atoms with E-state index < -0.39 is 12.4 Å². The lowest BCUT2D eigenvalue weighted by Crippen LogP contribution is -2.35. The van der Waals surface area contributed by atoms with E-state index in [-0.39, 0.29) is 16.3 Å². The van der Waals surface area contributed by atoms with Crippen molar-refractivity contribution in [3.63, 3.8) is 0 Å². The first kappa shape index (κ1) is 13.3. The van der Waals surface area contributed by atoms with Crippen LogP contribution >= 0.6 is 12.2 Å². The van der Waals surface area contributed by atoms with Crippen LogP contribution in [-0.2, 0) is 4.79 Å². The third-order valence-corrected chi connectivity index (χ3v) is 3.24. The molecule has 0 amide bonds. The van der Waals surface area contributed by atoms with Crippen molar-refractivity contribution in [2.45, 2.75) is 12.7 Å². The number of hydrogen-bond acceptors (Lipinski definition) is 4. The number of hydrogen-bond donors (Lipinski definition) is 2. The van der Waals surface area contributed by atoms with Crippen LogP contribution in [0.25, 0.3) is 0 Å². The number of nitriles is 1. The Morgan fingerprint density at radius 2 is 2.11 bits per heavy atom. The van der Waals surface area contributed by atoms with E-state index in [0.29, 0.717) is 12.7 Å². The van der Waals surface area contributed by atoms with Crippen molar-refractivity contribution in [3.05, 3.63) is 41.7 Å². The van der Waals surface area contributed by atoms with Gasteiger partial charge in [-0.05, 0) is 18.5 Å². The van der Waals surface area contributed by atoms with Crippen LogP contribution in [0.15, 0.2) is 41.7 Å². The Labute approximate surface area is 116 Å². The molecule has 0 spiro atoms. The highest BCUT2D eigenvalue weighted by atomic mass is 32.1. The van der Waals surface area contributed by atoms with Gasteiger partial charge < -0.3 is 15.2 Å². The number of carbonyl (C=O) groups is 1. The van der Waals surface area contributed by atoms with Gasteiger partial charge in [0, 0.05) is 18.1 Å². The summed E-state index contributed by atoms with van der Waals surface area (Å²) in [4.78, 5) is 12.2. The normalized spacial score (nSPS) is 15.1. The summed E-state index contributed by atoms with van der Waals surface area (Å²) in [5.41, 5.74) is 0.399. The highest BCUT2D eigenvalue weighted by molar-refractivity contribution is 7.81. The van der Waals surface area contributed by atoms with Gasteiger partial charge >= 0.3 is 6.71 Å². The first-order valence-corrected chi connectivity index (χ1v) is 6.26. The fourth-order valence-corrected chi connectivity index (χ4v) is 2.27. The summed E-state index contributed by atoms with van der Waals surface area (Å²) < 4.78 is 0. The topological polar surface area (TPSA) is 73.1 Å². The van der Waals surface area contributed by atoms with Gasteiger partial charge in [0.15, 0.2) is 0 Å². The van der Waals surface area contributed by atoms with Crippen molar-refractivity contribution in [2.24, 2.45) is 0 Å². The third-order valence-electron chi connectivity index (χ3n) is 2.94. The van der Waals surface area contributed by atoms with Crippen molar-refractivity contribution in [1.29, 1.82) is 5.26 Å². The molecule has 6 heteroatoms. The molecule has 0 bridgehead atoms. The Hall–Kier alpha value is -2.13. The maximum atomic E-state index is 12.0. The van der Waals surface area contributed by atoms with E-state index in [1.807, 2.05) is 24.2 Å². The molecule has 0 saturated carbocycles. The second-order valence-corrected chi connectivity index (χ2v) is 4.63. The van der Waals surface area contributed by atoms with Crippen LogP contribution in [0.4, 0.5) is 5.69 Å². The van der Waals surface area contributed by atoms with Crippen LogP contribution < -0.4 is 5.32 Å². The third kappa shape index (κ3) is 2.83. The van der Waals surface area contributed by atoms with Crippen LogP contribution in [0.5, 0.6) is 0 Å². The first-order chi connectivity index (χ1) is 9.13. The molecular formula is C13H11BN2O2S. The molecule has 19 heavy (non-hydrogen) atoms. The summed E-state index contributed by atoms with van der Waals surface area (Å²) in [6.45, 7) is -0.721. The summed E-state index contributed by atoms with van der Waals surface area (Å²) in [7, 11) is 0. The minimum atomic E-state index is -0.721. The van der Waals surface area contributed by atoms with Gasteiger partial charge in [-0.2, -0.15) is 0 Å².